The molecule has 4 aromatic rings. The molecule has 1 aliphatic rings. The van der Waals surface area contributed by atoms with Gasteiger partial charge in [0.1, 0.15) is 18.8 Å². The molecule has 5 rings (SSSR count). The molecule has 3 aromatic carbocycles. The number of carbonyl (C=O) groups is 4. The number of hydrogen-bond acceptors (Lipinski definition) is 4. The summed E-state index contributed by atoms with van der Waals surface area (Å²) >= 11 is 0. The van der Waals surface area contributed by atoms with E-state index in [4.69, 9.17) is 0 Å². The highest BCUT2D eigenvalue weighted by atomic mass is 16.2. The highest BCUT2D eigenvalue weighted by molar-refractivity contribution is 6.16. The van der Waals surface area contributed by atoms with Crippen molar-refractivity contribution in [3.05, 3.63) is 101 Å². The standard InChI is InChI=1S/C30H27N5O4/c1-19-7-11-22(12-8-19)31-27(36)17-34-16-21(24-5-3-4-6-26(24)34)15-25-29(38)35(30(39)33-25)18-28(37)32-23-13-9-20(2)10-14-23/h3-16H,17-18H2,1-2H3,(H,31,36)(H,32,37)(H,33,39)/b25-15+. The van der Waals surface area contributed by atoms with Crippen LogP contribution in [-0.4, -0.2) is 39.8 Å². The lowest BCUT2D eigenvalue weighted by molar-refractivity contribution is -0.127. The molecule has 2 heterocycles. The van der Waals surface area contributed by atoms with E-state index in [2.05, 4.69) is 16.0 Å². The Balaban J connectivity index is 1.32. The van der Waals surface area contributed by atoms with Gasteiger partial charge in [-0.15, -0.1) is 0 Å². The van der Waals surface area contributed by atoms with E-state index in [1.807, 2.05) is 74.5 Å². The number of fused-ring (bicyclic) bond motifs is 1. The van der Waals surface area contributed by atoms with E-state index < -0.39 is 24.4 Å². The molecule has 0 spiro atoms. The number of nitrogens with zero attached hydrogens (tertiary/aromatic N) is 2. The highest BCUT2D eigenvalue weighted by Gasteiger charge is 2.35. The smallest absolute Gasteiger partial charge is 0.329 e. The van der Waals surface area contributed by atoms with Crippen LogP contribution in [-0.2, 0) is 20.9 Å². The molecule has 0 bridgehead atoms. The quantitative estimate of drug-likeness (QED) is 0.247. The summed E-state index contributed by atoms with van der Waals surface area (Å²) in [5.41, 5.74) is 4.93. The van der Waals surface area contributed by atoms with Gasteiger partial charge in [-0.3, -0.25) is 14.4 Å². The number of carbonyl (C=O) groups excluding carboxylic acids is 4. The van der Waals surface area contributed by atoms with Crippen LogP contribution in [0.1, 0.15) is 16.7 Å². The number of amides is 5. The number of para-hydroxylation sites is 1. The molecule has 39 heavy (non-hydrogen) atoms. The Morgan fingerprint density at radius 3 is 1.97 bits per heavy atom. The SMILES string of the molecule is Cc1ccc(NC(=O)CN2C(=O)N/C(=C/c3cn(CC(=O)Nc4ccc(C)cc4)c4ccccc34)C2=O)cc1. The van der Waals surface area contributed by atoms with Crippen LogP contribution in [0.5, 0.6) is 0 Å². The zero-order valence-corrected chi connectivity index (χ0v) is 21.5. The molecule has 9 heteroatoms. The predicted octanol–water partition coefficient (Wildman–Crippen LogP) is 4.43. The molecule has 196 valence electrons. The number of anilines is 2. The fraction of sp³-hybridized carbons (Fsp3) is 0.133. The van der Waals surface area contributed by atoms with E-state index in [0.29, 0.717) is 16.9 Å². The summed E-state index contributed by atoms with van der Waals surface area (Å²) in [5.74, 6) is -1.29. The summed E-state index contributed by atoms with van der Waals surface area (Å²) in [6, 6.07) is 21.6. The van der Waals surface area contributed by atoms with Crippen LogP contribution < -0.4 is 16.0 Å². The summed E-state index contributed by atoms with van der Waals surface area (Å²) in [7, 11) is 0. The molecule has 0 atom stereocenters. The maximum Gasteiger partial charge on any atom is 0.329 e. The average molecular weight is 522 g/mol. The lowest BCUT2D eigenvalue weighted by atomic mass is 10.1. The second-order valence-electron chi connectivity index (χ2n) is 9.44. The molecule has 5 amide bonds. The topological polar surface area (TPSA) is 113 Å². The first-order chi connectivity index (χ1) is 18.8. The van der Waals surface area contributed by atoms with E-state index in [9.17, 15) is 19.2 Å². The first-order valence-electron chi connectivity index (χ1n) is 12.4. The van der Waals surface area contributed by atoms with E-state index in [-0.39, 0.29) is 18.1 Å². The summed E-state index contributed by atoms with van der Waals surface area (Å²) in [6.07, 6.45) is 3.33. The number of imide groups is 1. The summed E-state index contributed by atoms with van der Waals surface area (Å²) in [4.78, 5) is 51.7. The highest BCUT2D eigenvalue weighted by Crippen LogP contribution is 2.25. The number of aryl methyl sites for hydroxylation is 2. The maximum atomic E-state index is 13.0. The van der Waals surface area contributed by atoms with Crippen LogP contribution in [0.15, 0.2) is 84.7 Å². The molecule has 0 radical (unpaired) electrons. The second kappa shape index (κ2) is 10.7. The third kappa shape index (κ3) is 5.72. The maximum absolute atomic E-state index is 13.0. The van der Waals surface area contributed by atoms with Gasteiger partial charge in [-0.2, -0.15) is 0 Å². The molecular formula is C30H27N5O4. The second-order valence-corrected chi connectivity index (χ2v) is 9.44. The normalized spacial score (nSPS) is 14.1. The lowest BCUT2D eigenvalue weighted by Gasteiger charge is -2.12. The van der Waals surface area contributed by atoms with Crippen molar-refractivity contribution in [2.75, 3.05) is 17.2 Å². The molecule has 0 unspecified atom stereocenters. The Kier molecular flexibility index (Phi) is 6.96. The molecule has 0 saturated carbocycles. The third-order valence-electron chi connectivity index (χ3n) is 6.37. The Morgan fingerprint density at radius 2 is 1.36 bits per heavy atom. The van der Waals surface area contributed by atoms with Crippen molar-refractivity contribution in [1.82, 2.24) is 14.8 Å². The van der Waals surface area contributed by atoms with E-state index in [1.165, 1.54) is 0 Å². The molecular weight excluding hydrogens is 494 g/mol. The van der Waals surface area contributed by atoms with Crippen LogP contribution >= 0.6 is 0 Å². The minimum atomic E-state index is -0.675. The zero-order valence-electron chi connectivity index (χ0n) is 21.5. The van der Waals surface area contributed by atoms with Gasteiger partial charge in [0.2, 0.25) is 11.8 Å². The zero-order chi connectivity index (χ0) is 27.5. The van der Waals surface area contributed by atoms with Gasteiger partial charge < -0.3 is 20.5 Å². The van der Waals surface area contributed by atoms with E-state index >= 15 is 0 Å². The summed E-state index contributed by atoms with van der Waals surface area (Å²) < 4.78 is 1.79. The molecule has 1 fully saturated rings. The van der Waals surface area contributed by atoms with Crippen molar-refractivity contribution >= 4 is 52.1 Å². The molecule has 1 aliphatic heterocycles. The van der Waals surface area contributed by atoms with Gasteiger partial charge in [0.15, 0.2) is 0 Å². The van der Waals surface area contributed by atoms with Crippen LogP contribution in [0, 0.1) is 13.8 Å². The van der Waals surface area contributed by atoms with Gasteiger partial charge in [0.25, 0.3) is 5.91 Å². The number of nitrogens with one attached hydrogen (secondary N) is 3. The van der Waals surface area contributed by atoms with Gasteiger partial charge in [-0.05, 0) is 50.3 Å². The van der Waals surface area contributed by atoms with Crippen LogP contribution in [0.4, 0.5) is 16.2 Å². The average Bonchev–Trinajstić information content (AvgIpc) is 3.38. The van der Waals surface area contributed by atoms with Crippen LogP contribution in [0.2, 0.25) is 0 Å². The first kappa shape index (κ1) is 25.5. The number of rotatable bonds is 7. The first-order valence-corrected chi connectivity index (χ1v) is 12.4. The fourth-order valence-electron chi connectivity index (χ4n) is 4.36. The third-order valence-corrected chi connectivity index (χ3v) is 6.37. The number of aromatic nitrogens is 1. The van der Waals surface area contributed by atoms with Crippen molar-refractivity contribution in [2.24, 2.45) is 0 Å². The molecule has 1 saturated heterocycles. The van der Waals surface area contributed by atoms with Crippen molar-refractivity contribution in [3.8, 4) is 0 Å². The van der Waals surface area contributed by atoms with Gasteiger partial charge in [0, 0.05) is 34.0 Å². The molecule has 3 N–H and O–H groups in total. The summed E-state index contributed by atoms with van der Waals surface area (Å²) in [5, 5.41) is 8.96. The molecule has 9 nitrogen and oxygen atoms in total. The predicted molar refractivity (Wildman–Crippen MR) is 150 cm³/mol. The number of hydrogen-bond donors (Lipinski definition) is 3. The minimum absolute atomic E-state index is 0.0511. The van der Waals surface area contributed by atoms with Gasteiger partial charge in [0.05, 0.1) is 0 Å². The molecule has 0 aliphatic carbocycles. The fourth-order valence-corrected chi connectivity index (χ4v) is 4.36. The largest absolute Gasteiger partial charge is 0.337 e. The monoisotopic (exact) mass is 521 g/mol. The Labute approximate surface area is 225 Å². The lowest BCUT2D eigenvalue weighted by Crippen LogP contribution is -2.38. The van der Waals surface area contributed by atoms with Crippen molar-refractivity contribution in [2.45, 2.75) is 20.4 Å². The van der Waals surface area contributed by atoms with Crippen molar-refractivity contribution < 1.29 is 19.2 Å². The Morgan fingerprint density at radius 1 is 0.795 bits per heavy atom. The summed E-state index contributed by atoms with van der Waals surface area (Å²) in [6.45, 7) is 3.55. The molecule has 1 aromatic heterocycles. The van der Waals surface area contributed by atoms with Crippen LogP contribution in [0.3, 0.4) is 0 Å². The number of benzene rings is 3. The van der Waals surface area contributed by atoms with Gasteiger partial charge in [-0.25, -0.2) is 9.69 Å². The van der Waals surface area contributed by atoms with Crippen molar-refractivity contribution in [1.29, 1.82) is 0 Å². The minimum Gasteiger partial charge on any atom is -0.337 e. The van der Waals surface area contributed by atoms with Gasteiger partial charge >= 0.3 is 6.03 Å². The Hall–Kier alpha value is -5.18. The van der Waals surface area contributed by atoms with E-state index in [0.717, 1.165) is 26.9 Å². The van der Waals surface area contributed by atoms with E-state index in [1.54, 1.807) is 29.0 Å². The van der Waals surface area contributed by atoms with Crippen molar-refractivity contribution in [3.63, 3.8) is 0 Å². The van der Waals surface area contributed by atoms with Crippen LogP contribution in [0.25, 0.3) is 17.0 Å². The van der Waals surface area contributed by atoms with Gasteiger partial charge in [-0.1, -0.05) is 53.6 Å². The number of urea groups is 1. The Bertz CT molecular complexity index is 1620.